The molecule has 0 bridgehead atoms. The van der Waals surface area contributed by atoms with Gasteiger partial charge in [0.2, 0.25) is 11.8 Å². The van der Waals surface area contributed by atoms with Crippen molar-refractivity contribution >= 4 is 58.2 Å². The lowest BCUT2D eigenvalue weighted by atomic mass is 10.1. The number of benzene rings is 3. The van der Waals surface area contributed by atoms with Crippen LogP contribution < -0.4 is 10.6 Å². The molecule has 0 radical (unpaired) electrons. The van der Waals surface area contributed by atoms with Crippen molar-refractivity contribution in [3.63, 3.8) is 0 Å². The lowest BCUT2D eigenvalue weighted by Gasteiger charge is -2.10. The fraction of sp³-hybridized carbons (Fsp3) is 0.130. The van der Waals surface area contributed by atoms with Gasteiger partial charge in [0.15, 0.2) is 0 Å². The van der Waals surface area contributed by atoms with Crippen LogP contribution >= 0.6 is 35.0 Å². The van der Waals surface area contributed by atoms with E-state index < -0.39 is 0 Å². The summed E-state index contributed by atoms with van der Waals surface area (Å²) in [5, 5.41) is 7.01. The molecular formula is C23H20Cl2N2O2S. The second kappa shape index (κ2) is 10.5. The van der Waals surface area contributed by atoms with Gasteiger partial charge >= 0.3 is 0 Å². The molecule has 2 amide bonds. The number of hydrogen-bond acceptors (Lipinski definition) is 3. The highest BCUT2D eigenvalue weighted by Crippen LogP contribution is 2.24. The lowest BCUT2D eigenvalue weighted by molar-refractivity contribution is -0.115. The fourth-order valence-electron chi connectivity index (χ4n) is 2.71. The van der Waals surface area contributed by atoms with Gasteiger partial charge in [-0.15, -0.1) is 11.8 Å². The fourth-order valence-corrected chi connectivity index (χ4v) is 3.70. The Bertz CT molecular complexity index is 1040. The van der Waals surface area contributed by atoms with Crippen molar-refractivity contribution in [3.8, 4) is 0 Å². The summed E-state index contributed by atoms with van der Waals surface area (Å²) in [4.78, 5) is 25.3. The second-order valence-corrected chi connectivity index (χ2v) is 8.52. The molecule has 0 aliphatic heterocycles. The first-order valence-corrected chi connectivity index (χ1v) is 11.0. The van der Waals surface area contributed by atoms with Gasteiger partial charge in [-0.05, 0) is 66.6 Å². The first kappa shape index (κ1) is 22.2. The van der Waals surface area contributed by atoms with Gasteiger partial charge in [-0.3, -0.25) is 9.59 Å². The van der Waals surface area contributed by atoms with E-state index in [0.29, 0.717) is 21.4 Å². The standard InChI is InChI=1S/C23H20Cl2N2O2S/c1-15-20(25)3-2-4-21(15)27-23(29)14-30-19-11-9-18(10-12-19)26-22(28)13-16-5-7-17(24)8-6-16/h2-12H,13-14H2,1H3,(H,26,28)(H,27,29). The van der Waals surface area contributed by atoms with Gasteiger partial charge in [0.05, 0.1) is 12.2 Å². The van der Waals surface area contributed by atoms with Crippen molar-refractivity contribution in [2.45, 2.75) is 18.2 Å². The van der Waals surface area contributed by atoms with Crippen LogP contribution in [0.2, 0.25) is 10.0 Å². The Morgan fingerprint density at radius 1 is 0.867 bits per heavy atom. The van der Waals surface area contributed by atoms with Crippen molar-refractivity contribution in [2.24, 2.45) is 0 Å². The van der Waals surface area contributed by atoms with E-state index in [9.17, 15) is 9.59 Å². The third-order valence-electron chi connectivity index (χ3n) is 4.33. The Labute approximate surface area is 190 Å². The summed E-state index contributed by atoms with van der Waals surface area (Å²) in [6.45, 7) is 1.87. The molecule has 0 saturated carbocycles. The van der Waals surface area contributed by atoms with Gasteiger partial charge in [0.25, 0.3) is 0 Å². The number of carbonyl (C=O) groups is 2. The molecule has 0 fully saturated rings. The van der Waals surface area contributed by atoms with Crippen LogP contribution in [0.4, 0.5) is 11.4 Å². The number of hydrogen-bond donors (Lipinski definition) is 2. The van der Waals surface area contributed by atoms with Gasteiger partial charge in [-0.25, -0.2) is 0 Å². The Morgan fingerprint density at radius 2 is 1.57 bits per heavy atom. The van der Waals surface area contributed by atoms with Crippen LogP contribution in [0.1, 0.15) is 11.1 Å². The maximum absolute atomic E-state index is 12.2. The topological polar surface area (TPSA) is 58.2 Å². The minimum absolute atomic E-state index is 0.103. The molecule has 30 heavy (non-hydrogen) atoms. The Balaban J connectivity index is 1.48. The van der Waals surface area contributed by atoms with Gasteiger partial charge in [-0.2, -0.15) is 0 Å². The summed E-state index contributed by atoms with van der Waals surface area (Å²) in [5.41, 5.74) is 3.16. The molecule has 3 aromatic carbocycles. The van der Waals surface area contributed by atoms with E-state index in [-0.39, 0.29) is 24.0 Å². The van der Waals surface area contributed by atoms with Crippen LogP contribution in [0.25, 0.3) is 0 Å². The predicted molar refractivity (Wildman–Crippen MR) is 126 cm³/mol. The zero-order chi connectivity index (χ0) is 21.5. The average molecular weight is 459 g/mol. The minimum atomic E-state index is -0.106. The number of amides is 2. The second-order valence-electron chi connectivity index (χ2n) is 6.63. The molecule has 0 aliphatic carbocycles. The molecule has 154 valence electrons. The van der Waals surface area contributed by atoms with Gasteiger partial charge in [-0.1, -0.05) is 41.4 Å². The Kier molecular flexibility index (Phi) is 7.80. The molecule has 0 spiro atoms. The lowest BCUT2D eigenvalue weighted by Crippen LogP contribution is -2.15. The number of anilines is 2. The molecule has 0 aliphatic rings. The van der Waals surface area contributed by atoms with E-state index in [4.69, 9.17) is 23.2 Å². The van der Waals surface area contributed by atoms with E-state index >= 15 is 0 Å². The highest BCUT2D eigenvalue weighted by molar-refractivity contribution is 8.00. The van der Waals surface area contributed by atoms with Crippen molar-refractivity contribution in [1.29, 1.82) is 0 Å². The zero-order valence-electron chi connectivity index (χ0n) is 16.2. The van der Waals surface area contributed by atoms with E-state index in [1.54, 1.807) is 24.3 Å². The van der Waals surface area contributed by atoms with Gasteiger partial charge in [0, 0.05) is 26.3 Å². The molecule has 0 saturated heterocycles. The van der Waals surface area contributed by atoms with Crippen LogP contribution in [-0.2, 0) is 16.0 Å². The van der Waals surface area contributed by atoms with Crippen LogP contribution in [0.15, 0.2) is 71.6 Å². The molecule has 0 atom stereocenters. The summed E-state index contributed by atoms with van der Waals surface area (Å²) >= 11 is 13.4. The van der Waals surface area contributed by atoms with Crippen molar-refractivity contribution in [3.05, 3.63) is 87.9 Å². The smallest absolute Gasteiger partial charge is 0.234 e. The summed E-state index contributed by atoms with van der Waals surface area (Å²) in [5.74, 6) is 0.0634. The molecule has 0 heterocycles. The Morgan fingerprint density at radius 3 is 2.27 bits per heavy atom. The predicted octanol–water partition coefficient (Wildman–Crippen LogP) is 6.21. The van der Waals surface area contributed by atoms with E-state index in [0.717, 1.165) is 16.0 Å². The monoisotopic (exact) mass is 458 g/mol. The SMILES string of the molecule is Cc1c(Cl)cccc1NC(=O)CSc1ccc(NC(=O)Cc2ccc(Cl)cc2)cc1. The summed E-state index contributed by atoms with van der Waals surface area (Å²) in [6.07, 6.45) is 0.275. The third-order valence-corrected chi connectivity index (χ3v) is 6.00. The average Bonchev–Trinajstić information content (AvgIpc) is 2.72. The summed E-state index contributed by atoms with van der Waals surface area (Å²) in [6, 6.07) is 20.0. The summed E-state index contributed by atoms with van der Waals surface area (Å²) < 4.78 is 0. The maximum atomic E-state index is 12.2. The molecule has 2 N–H and O–H groups in total. The molecular weight excluding hydrogens is 439 g/mol. The van der Waals surface area contributed by atoms with E-state index in [1.807, 2.05) is 49.4 Å². The van der Waals surface area contributed by atoms with Crippen molar-refractivity contribution < 1.29 is 9.59 Å². The van der Waals surface area contributed by atoms with Crippen molar-refractivity contribution in [1.82, 2.24) is 0 Å². The van der Waals surface area contributed by atoms with Crippen LogP contribution in [0.3, 0.4) is 0 Å². The van der Waals surface area contributed by atoms with Crippen molar-refractivity contribution in [2.75, 3.05) is 16.4 Å². The molecule has 4 nitrogen and oxygen atoms in total. The number of nitrogens with one attached hydrogen (secondary N) is 2. The van der Waals surface area contributed by atoms with Crippen LogP contribution in [0, 0.1) is 6.92 Å². The van der Waals surface area contributed by atoms with E-state index in [2.05, 4.69) is 10.6 Å². The van der Waals surface area contributed by atoms with Crippen LogP contribution in [-0.4, -0.2) is 17.6 Å². The number of rotatable bonds is 7. The first-order chi connectivity index (χ1) is 14.4. The van der Waals surface area contributed by atoms with Gasteiger partial charge in [0.1, 0.15) is 0 Å². The number of carbonyl (C=O) groups excluding carboxylic acids is 2. The Hall–Kier alpha value is -2.47. The molecule has 7 heteroatoms. The van der Waals surface area contributed by atoms with E-state index in [1.165, 1.54) is 11.8 Å². The normalized spacial score (nSPS) is 10.5. The van der Waals surface area contributed by atoms with Gasteiger partial charge < -0.3 is 10.6 Å². The third kappa shape index (κ3) is 6.52. The molecule has 0 aromatic heterocycles. The molecule has 0 unspecified atom stereocenters. The summed E-state index contributed by atoms with van der Waals surface area (Å²) in [7, 11) is 0. The highest BCUT2D eigenvalue weighted by atomic mass is 35.5. The first-order valence-electron chi connectivity index (χ1n) is 9.23. The van der Waals surface area contributed by atoms with Crippen LogP contribution in [0.5, 0.6) is 0 Å². The maximum Gasteiger partial charge on any atom is 0.234 e. The molecule has 3 aromatic rings. The largest absolute Gasteiger partial charge is 0.326 e. The number of thioether (sulfide) groups is 1. The highest BCUT2D eigenvalue weighted by Gasteiger charge is 2.08. The molecule has 3 rings (SSSR count). The minimum Gasteiger partial charge on any atom is -0.326 e. The number of halogens is 2. The quantitative estimate of drug-likeness (QED) is 0.413. The zero-order valence-corrected chi connectivity index (χ0v) is 18.6.